The van der Waals surface area contributed by atoms with Crippen LogP contribution in [-0.2, 0) is 6.42 Å². The first kappa shape index (κ1) is 9.85. The van der Waals surface area contributed by atoms with Gasteiger partial charge in [0.1, 0.15) is 0 Å². The molecule has 0 bridgehead atoms. The number of anilines is 1. The van der Waals surface area contributed by atoms with Gasteiger partial charge in [-0.25, -0.2) is 4.98 Å². The van der Waals surface area contributed by atoms with Crippen LogP contribution in [0.5, 0.6) is 0 Å². The van der Waals surface area contributed by atoms with Crippen LogP contribution in [0.25, 0.3) is 0 Å². The highest BCUT2D eigenvalue weighted by Gasteiger charge is 2.25. The minimum absolute atomic E-state index is 0.457. The van der Waals surface area contributed by atoms with Gasteiger partial charge in [0.15, 0.2) is 5.13 Å². The van der Waals surface area contributed by atoms with Crippen molar-refractivity contribution in [2.24, 2.45) is 0 Å². The fraction of sp³-hybridized carbons (Fsp3) is 0.308. The van der Waals surface area contributed by atoms with Gasteiger partial charge in [-0.3, -0.25) is 0 Å². The lowest BCUT2D eigenvalue weighted by molar-refractivity contribution is 0.610. The van der Waals surface area contributed by atoms with Crippen LogP contribution >= 0.6 is 11.3 Å². The van der Waals surface area contributed by atoms with Crippen molar-refractivity contribution >= 4 is 16.5 Å². The zero-order valence-electron chi connectivity index (χ0n) is 9.02. The van der Waals surface area contributed by atoms with Gasteiger partial charge in [-0.05, 0) is 24.8 Å². The van der Waals surface area contributed by atoms with Crippen molar-refractivity contribution in [3.63, 3.8) is 0 Å². The molecule has 0 radical (unpaired) electrons. The highest BCUT2D eigenvalue weighted by Crippen LogP contribution is 2.39. The number of benzene rings is 1. The van der Waals surface area contributed by atoms with Crippen molar-refractivity contribution in [3.05, 3.63) is 46.5 Å². The van der Waals surface area contributed by atoms with E-state index in [-0.39, 0.29) is 0 Å². The average molecular weight is 230 g/mol. The lowest BCUT2D eigenvalue weighted by Gasteiger charge is -2.21. The van der Waals surface area contributed by atoms with E-state index in [1.54, 1.807) is 11.3 Å². The van der Waals surface area contributed by atoms with E-state index < -0.39 is 0 Å². The highest BCUT2D eigenvalue weighted by molar-refractivity contribution is 7.15. The Morgan fingerprint density at radius 3 is 2.88 bits per heavy atom. The van der Waals surface area contributed by atoms with Crippen LogP contribution < -0.4 is 5.73 Å². The van der Waals surface area contributed by atoms with Crippen LogP contribution in [-0.4, -0.2) is 4.98 Å². The molecule has 1 aliphatic rings. The Labute approximate surface area is 99.1 Å². The Kier molecular flexibility index (Phi) is 2.40. The summed E-state index contributed by atoms with van der Waals surface area (Å²) in [6, 6.07) is 10.6. The molecule has 0 fully saturated rings. The van der Waals surface area contributed by atoms with Crippen LogP contribution in [0, 0.1) is 0 Å². The fourth-order valence-electron chi connectivity index (χ4n) is 2.45. The van der Waals surface area contributed by atoms with Gasteiger partial charge in [0.25, 0.3) is 0 Å². The number of aromatic nitrogens is 1. The fourth-order valence-corrected chi connectivity index (χ4v) is 3.38. The maximum atomic E-state index is 5.81. The molecule has 1 aromatic carbocycles. The molecule has 2 aromatic rings. The average Bonchev–Trinajstić information content (AvgIpc) is 2.70. The summed E-state index contributed by atoms with van der Waals surface area (Å²) < 4.78 is 0. The molecule has 1 heterocycles. The number of hydrogen-bond acceptors (Lipinski definition) is 3. The van der Waals surface area contributed by atoms with Crippen LogP contribution in [0.3, 0.4) is 0 Å². The number of nitrogen functional groups attached to an aromatic ring is 1. The van der Waals surface area contributed by atoms with Crippen molar-refractivity contribution in [2.75, 3.05) is 5.73 Å². The number of hydrogen-bond donors (Lipinski definition) is 1. The van der Waals surface area contributed by atoms with Crippen LogP contribution in [0.2, 0.25) is 0 Å². The molecule has 3 rings (SSSR count). The summed E-state index contributed by atoms with van der Waals surface area (Å²) in [5, 5.41) is 0.716. The molecule has 0 saturated carbocycles. The predicted molar refractivity (Wildman–Crippen MR) is 67.7 cm³/mol. The Hall–Kier alpha value is -1.35. The summed E-state index contributed by atoms with van der Waals surface area (Å²) in [7, 11) is 0. The number of nitrogens with zero attached hydrogens (tertiary/aromatic N) is 1. The van der Waals surface area contributed by atoms with Crippen molar-refractivity contribution in [1.29, 1.82) is 0 Å². The molecule has 0 unspecified atom stereocenters. The van der Waals surface area contributed by atoms with E-state index in [9.17, 15) is 0 Å². The zero-order chi connectivity index (χ0) is 11.0. The molecule has 1 aromatic heterocycles. The third-order valence-electron chi connectivity index (χ3n) is 3.17. The summed E-state index contributed by atoms with van der Waals surface area (Å²) in [5.41, 5.74) is 8.40. The van der Waals surface area contributed by atoms with Crippen molar-refractivity contribution in [3.8, 4) is 0 Å². The molecular weight excluding hydrogens is 216 g/mol. The van der Waals surface area contributed by atoms with Gasteiger partial charge in [-0.1, -0.05) is 30.3 Å². The number of thiazole rings is 1. The molecule has 0 amide bonds. The Morgan fingerprint density at radius 2 is 2.06 bits per heavy atom. The lowest BCUT2D eigenvalue weighted by atomic mass is 9.85. The SMILES string of the molecule is Nc1nc2c(s1)CCC[C@H]2c1ccccc1. The molecule has 1 atom stereocenters. The van der Waals surface area contributed by atoms with Gasteiger partial charge in [-0.15, -0.1) is 11.3 Å². The summed E-state index contributed by atoms with van der Waals surface area (Å²) in [6.07, 6.45) is 3.59. The van der Waals surface area contributed by atoms with Crippen LogP contribution in [0.4, 0.5) is 5.13 Å². The van der Waals surface area contributed by atoms with Gasteiger partial charge in [0.2, 0.25) is 0 Å². The Balaban J connectivity index is 2.05. The summed E-state index contributed by atoms with van der Waals surface area (Å²) in [4.78, 5) is 5.89. The Bertz CT molecular complexity index is 490. The summed E-state index contributed by atoms with van der Waals surface area (Å²) in [6.45, 7) is 0. The molecule has 1 aliphatic carbocycles. The van der Waals surface area contributed by atoms with E-state index in [2.05, 4.69) is 35.3 Å². The minimum atomic E-state index is 0.457. The first-order valence-corrected chi connectivity index (χ1v) is 6.46. The molecule has 0 saturated heterocycles. The molecular formula is C13H14N2S. The third-order valence-corrected chi connectivity index (χ3v) is 4.13. The largest absolute Gasteiger partial charge is 0.375 e. The van der Waals surface area contributed by atoms with E-state index in [1.807, 2.05) is 0 Å². The van der Waals surface area contributed by atoms with E-state index in [0.717, 1.165) is 6.42 Å². The van der Waals surface area contributed by atoms with E-state index in [4.69, 9.17) is 5.73 Å². The van der Waals surface area contributed by atoms with Crippen molar-refractivity contribution in [2.45, 2.75) is 25.2 Å². The van der Waals surface area contributed by atoms with Gasteiger partial charge < -0.3 is 5.73 Å². The highest BCUT2D eigenvalue weighted by atomic mass is 32.1. The molecule has 0 aliphatic heterocycles. The third kappa shape index (κ3) is 1.61. The molecule has 16 heavy (non-hydrogen) atoms. The lowest BCUT2D eigenvalue weighted by Crippen LogP contribution is -2.09. The second kappa shape index (κ2) is 3.91. The zero-order valence-corrected chi connectivity index (χ0v) is 9.83. The quantitative estimate of drug-likeness (QED) is 0.817. The number of fused-ring (bicyclic) bond motifs is 1. The second-order valence-corrected chi connectivity index (χ2v) is 5.33. The topological polar surface area (TPSA) is 38.9 Å². The molecule has 2 nitrogen and oxygen atoms in total. The standard InChI is InChI=1S/C13H14N2S/c14-13-15-12-10(7-4-8-11(12)16-13)9-5-2-1-3-6-9/h1-3,5-6,10H,4,7-8H2,(H2,14,15)/t10-/m0/s1. The monoisotopic (exact) mass is 230 g/mol. The number of aryl methyl sites for hydroxylation is 1. The van der Waals surface area contributed by atoms with E-state index in [0.29, 0.717) is 11.0 Å². The van der Waals surface area contributed by atoms with Gasteiger partial charge in [0, 0.05) is 10.8 Å². The first-order chi connectivity index (χ1) is 7.84. The van der Waals surface area contributed by atoms with Gasteiger partial charge in [0.05, 0.1) is 5.69 Å². The molecule has 3 heteroatoms. The number of rotatable bonds is 1. The normalized spacial score (nSPS) is 19.4. The van der Waals surface area contributed by atoms with Crippen molar-refractivity contribution in [1.82, 2.24) is 4.98 Å². The van der Waals surface area contributed by atoms with Crippen molar-refractivity contribution < 1.29 is 0 Å². The smallest absolute Gasteiger partial charge is 0.180 e. The van der Waals surface area contributed by atoms with Crippen LogP contribution in [0.15, 0.2) is 30.3 Å². The second-order valence-electron chi connectivity index (χ2n) is 4.22. The first-order valence-electron chi connectivity index (χ1n) is 5.64. The van der Waals surface area contributed by atoms with E-state index in [1.165, 1.54) is 29.0 Å². The summed E-state index contributed by atoms with van der Waals surface area (Å²) in [5.74, 6) is 0.457. The summed E-state index contributed by atoms with van der Waals surface area (Å²) >= 11 is 1.66. The van der Waals surface area contributed by atoms with Crippen LogP contribution in [0.1, 0.15) is 34.9 Å². The maximum Gasteiger partial charge on any atom is 0.180 e. The number of nitrogens with two attached hydrogens (primary N) is 1. The molecule has 0 spiro atoms. The molecule has 2 N–H and O–H groups in total. The molecule has 82 valence electrons. The minimum Gasteiger partial charge on any atom is -0.375 e. The maximum absolute atomic E-state index is 5.81. The van der Waals surface area contributed by atoms with Gasteiger partial charge in [-0.2, -0.15) is 0 Å². The predicted octanol–water partition coefficient (Wildman–Crippen LogP) is 3.19. The Morgan fingerprint density at radius 1 is 1.25 bits per heavy atom. The van der Waals surface area contributed by atoms with Gasteiger partial charge >= 0.3 is 0 Å². The van der Waals surface area contributed by atoms with E-state index >= 15 is 0 Å².